The monoisotopic (exact) mass is 434 g/mol. The third-order valence-electron chi connectivity index (χ3n) is 5.70. The molecule has 5 rings (SSSR count). The summed E-state index contributed by atoms with van der Waals surface area (Å²) >= 11 is 0. The highest BCUT2D eigenvalue weighted by molar-refractivity contribution is 7.89. The molecule has 2 aromatic heterocycles. The molecule has 3 heterocycles. The van der Waals surface area contributed by atoms with Crippen molar-refractivity contribution in [2.75, 3.05) is 13.7 Å². The first-order valence-corrected chi connectivity index (χ1v) is 11.5. The Bertz CT molecular complexity index is 1330. The molecule has 0 saturated heterocycles. The third-order valence-corrected chi connectivity index (χ3v) is 7.56. The Morgan fingerprint density at radius 2 is 1.81 bits per heavy atom. The molecule has 0 unspecified atom stereocenters. The molecule has 8 heteroatoms. The average Bonchev–Trinajstić information content (AvgIpc) is 3.23. The van der Waals surface area contributed by atoms with Crippen LogP contribution in [0, 0.1) is 0 Å². The van der Waals surface area contributed by atoms with E-state index in [-0.39, 0.29) is 0 Å². The van der Waals surface area contributed by atoms with Crippen molar-refractivity contribution in [1.29, 1.82) is 0 Å². The van der Waals surface area contributed by atoms with Gasteiger partial charge in [0, 0.05) is 24.7 Å². The molecule has 0 fully saturated rings. The molecule has 31 heavy (non-hydrogen) atoms. The lowest BCUT2D eigenvalue weighted by Gasteiger charge is -2.28. The minimum Gasteiger partial charge on any atom is -0.497 e. The fraction of sp³-hybridized carbons (Fsp3) is 0.217. The molecule has 0 radical (unpaired) electrons. The number of benzene rings is 2. The van der Waals surface area contributed by atoms with Gasteiger partial charge in [-0.25, -0.2) is 18.1 Å². The number of nitrogens with zero attached hydrogens (tertiary/aromatic N) is 4. The fourth-order valence-electron chi connectivity index (χ4n) is 4.02. The summed E-state index contributed by atoms with van der Waals surface area (Å²) < 4.78 is 34.6. The largest absolute Gasteiger partial charge is 0.497 e. The van der Waals surface area contributed by atoms with Crippen LogP contribution in [0.25, 0.3) is 11.0 Å². The van der Waals surface area contributed by atoms with Crippen molar-refractivity contribution in [2.24, 2.45) is 0 Å². The summed E-state index contributed by atoms with van der Waals surface area (Å²) in [6.07, 6.45) is 4.26. The van der Waals surface area contributed by atoms with E-state index in [4.69, 9.17) is 4.74 Å². The molecule has 4 aromatic rings. The Morgan fingerprint density at radius 1 is 1.03 bits per heavy atom. The van der Waals surface area contributed by atoms with Gasteiger partial charge in [-0.3, -0.25) is 0 Å². The topological polar surface area (TPSA) is 77.3 Å². The van der Waals surface area contributed by atoms with Gasteiger partial charge in [-0.1, -0.05) is 30.3 Å². The first-order valence-electron chi connectivity index (χ1n) is 10.1. The molecular weight excluding hydrogens is 412 g/mol. The zero-order chi connectivity index (χ0) is 21.4. The smallest absolute Gasteiger partial charge is 0.243 e. The molecule has 7 nitrogen and oxygen atoms in total. The van der Waals surface area contributed by atoms with Crippen LogP contribution in [-0.4, -0.2) is 41.1 Å². The lowest BCUT2D eigenvalue weighted by molar-refractivity contribution is 0.392. The van der Waals surface area contributed by atoms with E-state index >= 15 is 0 Å². The summed E-state index contributed by atoms with van der Waals surface area (Å²) in [7, 11) is -1.88. The van der Waals surface area contributed by atoms with Gasteiger partial charge in [-0.15, -0.1) is 0 Å². The molecule has 0 aliphatic carbocycles. The zero-order valence-corrected chi connectivity index (χ0v) is 17.9. The maximum Gasteiger partial charge on any atom is 0.243 e. The summed E-state index contributed by atoms with van der Waals surface area (Å²) in [4.78, 5) is 4.95. The molecule has 0 spiro atoms. The van der Waals surface area contributed by atoms with Crippen molar-refractivity contribution in [2.45, 2.75) is 24.4 Å². The molecule has 1 aliphatic rings. The minimum atomic E-state index is -3.52. The quantitative estimate of drug-likeness (QED) is 0.482. The van der Waals surface area contributed by atoms with Crippen molar-refractivity contribution >= 4 is 21.1 Å². The highest BCUT2D eigenvalue weighted by atomic mass is 32.2. The van der Waals surface area contributed by atoms with Crippen LogP contribution in [0.15, 0.2) is 71.9 Å². The van der Waals surface area contributed by atoms with Crippen LogP contribution in [0.4, 0.5) is 0 Å². The van der Waals surface area contributed by atoms with Crippen LogP contribution in [0.1, 0.15) is 16.7 Å². The number of sulfonamides is 1. The maximum absolute atomic E-state index is 13.0. The van der Waals surface area contributed by atoms with E-state index in [9.17, 15) is 8.42 Å². The molecular formula is C23H22N4O3S. The van der Waals surface area contributed by atoms with Crippen molar-refractivity contribution in [3.63, 3.8) is 0 Å². The van der Waals surface area contributed by atoms with Crippen molar-refractivity contribution in [3.8, 4) is 5.75 Å². The lowest BCUT2D eigenvalue weighted by Crippen LogP contribution is -2.36. The fourth-order valence-corrected chi connectivity index (χ4v) is 5.46. The average molecular weight is 435 g/mol. The summed E-state index contributed by atoms with van der Waals surface area (Å²) in [5, 5.41) is 5.54. The second-order valence-corrected chi connectivity index (χ2v) is 9.49. The number of pyridine rings is 1. The van der Waals surface area contributed by atoms with Crippen LogP contribution in [0.2, 0.25) is 0 Å². The number of hydrogen-bond acceptors (Lipinski definition) is 5. The Balaban J connectivity index is 1.43. The Hall–Kier alpha value is -3.23. The number of ether oxygens (including phenoxy) is 1. The van der Waals surface area contributed by atoms with E-state index < -0.39 is 10.0 Å². The van der Waals surface area contributed by atoms with Gasteiger partial charge in [0.1, 0.15) is 5.75 Å². The van der Waals surface area contributed by atoms with Gasteiger partial charge in [0.25, 0.3) is 0 Å². The van der Waals surface area contributed by atoms with E-state index in [2.05, 4.69) is 10.1 Å². The first kappa shape index (κ1) is 19.7. The second-order valence-electron chi connectivity index (χ2n) is 7.55. The molecule has 2 aromatic carbocycles. The number of fused-ring (bicyclic) bond motifs is 3. The SMILES string of the molecule is COc1ccc(Cn2ncc3c4c(cnc32)CN(S(=O)(=O)c2ccccc2)CC4)cc1. The van der Waals surface area contributed by atoms with Crippen molar-refractivity contribution in [1.82, 2.24) is 19.1 Å². The normalized spacial score (nSPS) is 14.5. The Morgan fingerprint density at radius 3 is 2.55 bits per heavy atom. The van der Waals surface area contributed by atoms with Gasteiger partial charge in [-0.05, 0) is 47.4 Å². The van der Waals surface area contributed by atoms with Gasteiger partial charge in [0.15, 0.2) is 5.65 Å². The van der Waals surface area contributed by atoms with Crippen LogP contribution >= 0.6 is 0 Å². The highest BCUT2D eigenvalue weighted by Gasteiger charge is 2.29. The predicted octanol–water partition coefficient (Wildman–Crippen LogP) is 3.24. The third kappa shape index (κ3) is 3.58. The number of methoxy groups -OCH3 is 1. The van der Waals surface area contributed by atoms with Gasteiger partial charge in [-0.2, -0.15) is 9.40 Å². The van der Waals surface area contributed by atoms with Crippen LogP contribution in [0.3, 0.4) is 0 Å². The van der Waals surface area contributed by atoms with Crippen molar-refractivity contribution < 1.29 is 13.2 Å². The number of hydrogen-bond donors (Lipinski definition) is 0. The van der Waals surface area contributed by atoms with Crippen molar-refractivity contribution in [3.05, 3.63) is 83.7 Å². The standard InChI is InChI=1S/C23H22N4O3S/c1-30-19-9-7-17(8-10-19)15-27-23-22(14-25-27)21-11-12-26(16-18(21)13-24-23)31(28,29)20-5-3-2-4-6-20/h2-10,13-14H,11-12,15-16H2,1H3. The lowest BCUT2D eigenvalue weighted by atomic mass is 10.0. The minimum absolute atomic E-state index is 0.319. The van der Waals surface area contributed by atoms with E-state index in [1.807, 2.05) is 41.2 Å². The van der Waals surface area contributed by atoms with E-state index in [0.29, 0.717) is 31.0 Å². The van der Waals surface area contributed by atoms with Crippen LogP contribution < -0.4 is 4.74 Å². The molecule has 0 saturated carbocycles. The Kier molecular flexibility index (Phi) is 4.95. The molecule has 0 amide bonds. The highest BCUT2D eigenvalue weighted by Crippen LogP contribution is 2.29. The summed E-state index contributed by atoms with van der Waals surface area (Å²) in [5.74, 6) is 0.816. The van der Waals surface area contributed by atoms with Crippen LogP contribution in [0.5, 0.6) is 5.75 Å². The summed E-state index contributed by atoms with van der Waals surface area (Å²) in [6, 6.07) is 16.4. The number of aromatic nitrogens is 3. The molecule has 0 atom stereocenters. The van der Waals surface area contributed by atoms with Gasteiger partial charge in [0.2, 0.25) is 10.0 Å². The summed E-state index contributed by atoms with van der Waals surface area (Å²) in [5.41, 5.74) is 3.98. The van der Waals surface area contributed by atoms with Gasteiger partial charge in [0.05, 0.1) is 24.7 Å². The molecule has 1 aliphatic heterocycles. The van der Waals surface area contributed by atoms with Crippen LogP contribution in [-0.2, 0) is 29.5 Å². The summed E-state index contributed by atoms with van der Waals surface area (Å²) in [6.45, 7) is 1.36. The maximum atomic E-state index is 13.0. The first-order chi connectivity index (χ1) is 15.1. The molecule has 0 N–H and O–H groups in total. The molecule has 0 bridgehead atoms. The zero-order valence-electron chi connectivity index (χ0n) is 17.1. The van der Waals surface area contributed by atoms with Gasteiger partial charge >= 0.3 is 0 Å². The van der Waals surface area contributed by atoms with Gasteiger partial charge < -0.3 is 4.74 Å². The van der Waals surface area contributed by atoms with E-state index in [0.717, 1.165) is 33.5 Å². The molecule has 158 valence electrons. The van der Waals surface area contributed by atoms with E-state index in [1.165, 1.54) is 4.31 Å². The number of rotatable bonds is 5. The van der Waals surface area contributed by atoms with E-state index in [1.54, 1.807) is 37.6 Å². The second kappa shape index (κ2) is 7.79. The Labute approximate surface area is 181 Å². The predicted molar refractivity (Wildman–Crippen MR) is 117 cm³/mol.